The molecular formula is C27H49ClN2O5. The Kier molecular flexibility index (Phi) is 14.0. The lowest BCUT2D eigenvalue weighted by Gasteiger charge is -2.32. The van der Waals surface area contributed by atoms with Crippen molar-refractivity contribution in [3.8, 4) is 0 Å². The van der Waals surface area contributed by atoms with Gasteiger partial charge in [0.05, 0.1) is 5.38 Å². The largest absolute Gasteiger partial charge is 0.458 e. The van der Waals surface area contributed by atoms with E-state index in [1.54, 1.807) is 48.5 Å². The van der Waals surface area contributed by atoms with Gasteiger partial charge in [-0.3, -0.25) is 4.79 Å². The van der Waals surface area contributed by atoms with Crippen molar-refractivity contribution in [3.05, 3.63) is 12.2 Å². The molecule has 2 N–H and O–H groups in total. The first-order valence-corrected chi connectivity index (χ1v) is 13.2. The molecule has 0 rings (SSSR count). The third-order valence-electron chi connectivity index (χ3n) is 5.18. The standard InChI is InChI=1S/C27H49ClN2O5/c1-12-13-14-15-20(18(4)19(5)28)22(30-25(33)35-27(9,10)11)23(31)29-21(16-17(2)3)24(32)34-26(6,7)8/h17,19-22H,4,12-16H2,1-3,5-11H3,(H,29,31)(H,30,33)/t19?,20-,21+,22+/m1/s1. The zero-order chi connectivity index (χ0) is 27.6. The van der Waals surface area contributed by atoms with Gasteiger partial charge in [-0.25, -0.2) is 9.59 Å². The number of carbonyl (C=O) groups excluding carboxylic acids is 3. The SMILES string of the molecule is C=C(C(C)Cl)[C@@H](CCCCC)[C@H](NC(=O)OC(C)(C)C)C(=O)N[C@@H](CC(C)C)C(=O)OC(C)(C)C. The predicted molar refractivity (Wildman–Crippen MR) is 142 cm³/mol. The Morgan fingerprint density at radius 2 is 1.46 bits per heavy atom. The lowest BCUT2D eigenvalue weighted by Crippen LogP contribution is -2.56. The molecular weight excluding hydrogens is 468 g/mol. The highest BCUT2D eigenvalue weighted by Gasteiger charge is 2.37. The van der Waals surface area contributed by atoms with Gasteiger partial charge in [0.1, 0.15) is 23.3 Å². The highest BCUT2D eigenvalue weighted by atomic mass is 35.5. The van der Waals surface area contributed by atoms with Crippen LogP contribution in [-0.2, 0) is 19.1 Å². The highest BCUT2D eigenvalue weighted by molar-refractivity contribution is 6.22. The van der Waals surface area contributed by atoms with Crippen molar-refractivity contribution >= 4 is 29.6 Å². The molecule has 4 atom stereocenters. The van der Waals surface area contributed by atoms with Crippen LogP contribution in [0, 0.1) is 11.8 Å². The Morgan fingerprint density at radius 1 is 0.914 bits per heavy atom. The van der Waals surface area contributed by atoms with Crippen LogP contribution < -0.4 is 10.6 Å². The second-order valence-corrected chi connectivity index (χ2v) is 12.3. The molecule has 0 saturated carbocycles. The minimum Gasteiger partial charge on any atom is -0.458 e. The molecule has 204 valence electrons. The van der Waals surface area contributed by atoms with E-state index in [9.17, 15) is 14.4 Å². The monoisotopic (exact) mass is 516 g/mol. The van der Waals surface area contributed by atoms with Gasteiger partial charge in [-0.1, -0.05) is 52.2 Å². The molecule has 0 spiro atoms. The summed E-state index contributed by atoms with van der Waals surface area (Å²) in [6.45, 7) is 22.5. The van der Waals surface area contributed by atoms with E-state index in [2.05, 4.69) is 24.1 Å². The third-order valence-corrected chi connectivity index (χ3v) is 5.46. The maximum atomic E-state index is 13.6. The van der Waals surface area contributed by atoms with E-state index in [4.69, 9.17) is 21.1 Å². The number of alkyl halides is 1. The molecule has 0 heterocycles. The van der Waals surface area contributed by atoms with Crippen LogP contribution >= 0.6 is 11.6 Å². The molecule has 1 unspecified atom stereocenters. The van der Waals surface area contributed by atoms with Crippen LogP contribution in [0.25, 0.3) is 0 Å². The van der Waals surface area contributed by atoms with Gasteiger partial charge in [0.2, 0.25) is 5.91 Å². The minimum absolute atomic E-state index is 0.128. The topological polar surface area (TPSA) is 93.7 Å². The molecule has 0 aromatic rings. The molecule has 2 amide bonds. The van der Waals surface area contributed by atoms with Gasteiger partial charge < -0.3 is 20.1 Å². The Bertz CT molecular complexity index is 707. The molecule has 7 nitrogen and oxygen atoms in total. The molecule has 0 aromatic carbocycles. The Balaban J connectivity index is 6.12. The summed E-state index contributed by atoms with van der Waals surface area (Å²) in [6, 6.07) is -1.87. The van der Waals surface area contributed by atoms with E-state index in [-0.39, 0.29) is 5.92 Å². The Morgan fingerprint density at radius 3 is 1.89 bits per heavy atom. The number of carbonyl (C=O) groups is 3. The van der Waals surface area contributed by atoms with E-state index in [0.717, 1.165) is 19.3 Å². The molecule has 0 saturated heterocycles. The summed E-state index contributed by atoms with van der Waals surface area (Å²) in [4.78, 5) is 39.2. The average molecular weight is 517 g/mol. The van der Waals surface area contributed by atoms with Crippen molar-refractivity contribution in [2.24, 2.45) is 11.8 Å². The van der Waals surface area contributed by atoms with Crippen LogP contribution in [0.4, 0.5) is 4.79 Å². The van der Waals surface area contributed by atoms with Gasteiger partial charge in [-0.05, 0) is 67.2 Å². The molecule has 8 heteroatoms. The first-order chi connectivity index (χ1) is 15.9. The lowest BCUT2D eigenvalue weighted by molar-refractivity contribution is -0.159. The number of hydrogen-bond acceptors (Lipinski definition) is 5. The van der Waals surface area contributed by atoms with E-state index < -0.39 is 52.6 Å². The molecule has 0 aromatic heterocycles. The van der Waals surface area contributed by atoms with Gasteiger partial charge in [0.15, 0.2) is 0 Å². The lowest BCUT2D eigenvalue weighted by atomic mass is 9.85. The third kappa shape index (κ3) is 14.4. The number of esters is 1. The van der Waals surface area contributed by atoms with Crippen molar-refractivity contribution in [2.75, 3.05) is 0 Å². The quantitative estimate of drug-likeness (QED) is 0.133. The summed E-state index contributed by atoms with van der Waals surface area (Å²) in [7, 11) is 0. The second kappa shape index (κ2) is 14.7. The average Bonchev–Trinajstić information content (AvgIpc) is 2.65. The van der Waals surface area contributed by atoms with Crippen molar-refractivity contribution in [2.45, 2.75) is 130 Å². The fourth-order valence-electron chi connectivity index (χ4n) is 3.58. The van der Waals surface area contributed by atoms with E-state index in [0.29, 0.717) is 18.4 Å². The van der Waals surface area contributed by atoms with Crippen molar-refractivity contribution in [1.82, 2.24) is 10.6 Å². The predicted octanol–water partition coefficient (Wildman–Crippen LogP) is 6.13. The first kappa shape index (κ1) is 33.2. The summed E-state index contributed by atoms with van der Waals surface area (Å²) in [5.74, 6) is -1.31. The van der Waals surface area contributed by atoms with Gasteiger partial charge in [-0.15, -0.1) is 11.6 Å². The summed E-state index contributed by atoms with van der Waals surface area (Å²) < 4.78 is 11.0. The number of nitrogens with one attached hydrogen (secondary N) is 2. The number of amides is 2. The number of rotatable bonds is 13. The van der Waals surface area contributed by atoms with Crippen LogP contribution in [0.15, 0.2) is 12.2 Å². The van der Waals surface area contributed by atoms with Crippen LogP contribution in [-0.4, -0.2) is 46.6 Å². The van der Waals surface area contributed by atoms with E-state index in [1.165, 1.54) is 0 Å². The zero-order valence-electron chi connectivity index (χ0n) is 23.5. The number of hydrogen-bond donors (Lipinski definition) is 2. The van der Waals surface area contributed by atoms with Crippen LogP contribution in [0.3, 0.4) is 0 Å². The van der Waals surface area contributed by atoms with Crippen molar-refractivity contribution < 1.29 is 23.9 Å². The number of ether oxygens (including phenoxy) is 2. The van der Waals surface area contributed by atoms with Gasteiger partial charge in [0, 0.05) is 5.92 Å². The number of halogens is 1. The summed E-state index contributed by atoms with van der Waals surface area (Å²) >= 11 is 6.38. The van der Waals surface area contributed by atoms with E-state index in [1.807, 2.05) is 13.8 Å². The Hall–Kier alpha value is -1.76. The van der Waals surface area contributed by atoms with Gasteiger partial charge >= 0.3 is 12.1 Å². The fourth-order valence-corrected chi connectivity index (χ4v) is 3.74. The molecule has 0 bridgehead atoms. The molecule has 35 heavy (non-hydrogen) atoms. The first-order valence-electron chi connectivity index (χ1n) is 12.7. The number of unbranched alkanes of at least 4 members (excludes halogenated alkanes) is 2. The van der Waals surface area contributed by atoms with Crippen molar-refractivity contribution in [3.63, 3.8) is 0 Å². The molecule has 0 aliphatic carbocycles. The normalized spacial score (nSPS) is 15.5. The second-order valence-electron chi connectivity index (χ2n) is 11.6. The maximum absolute atomic E-state index is 13.6. The van der Waals surface area contributed by atoms with Crippen LogP contribution in [0.1, 0.15) is 101 Å². The molecule has 0 aliphatic heterocycles. The van der Waals surface area contributed by atoms with Gasteiger partial charge in [0.25, 0.3) is 0 Å². The summed E-state index contributed by atoms with van der Waals surface area (Å²) in [6.07, 6.45) is 3.10. The highest BCUT2D eigenvalue weighted by Crippen LogP contribution is 2.27. The van der Waals surface area contributed by atoms with Gasteiger partial charge in [-0.2, -0.15) is 0 Å². The molecule has 0 radical (unpaired) electrons. The van der Waals surface area contributed by atoms with Crippen LogP contribution in [0.2, 0.25) is 0 Å². The summed E-state index contributed by atoms with van der Waals surface area (Å²) in [5.41, 5.74) is -0.788. The maximum Gasteiger partial charge on any atom is 0.408 e. The Labute approximate surface area is 218 Å². The molecule has 0 aliphatic rings. The zero-order valence-corrected chi connectivity index (χ0v) is 24.3. The van der Waals surface area contributed by atoms with Crippen LogP contribution in [0.5, 0.6) is 0 Å². The van der Waals surface area contributed by atoms with E-state index >= 15 is 0 Å². The number of alkyl carbamates (subject to hydrolysis) is 1. The van der Waals surface area contributed by atoms with Crippen molar-refractivity contribution in [1.29, 1.82) is 0 Å². The smallest absolute Gasteiger partial charge is 0.408 e. The summed E-state index contributed by atoms with van der Waals surface area (Å²) in [5, 5.41) is 5.17. The fraction of sp³-hybridized carbons (Fsp3) is 0.815. The minimum atomic E-state index is -1.01. The molecule has 0 fully saturated rings.